The zero-order chi connectivity index (χ0) is 25.3. The molecule has 0 aliphatic rings. The van der Waals surface area contributed by atoms with Crippen LogP contribution in [0.1, 0.15) is 33.6 Å². The van der Waals surface area contributed by atoms with Crippen LogP contribution in [-0.2, 0) is 19.6 Å². The van der Waals surface area contributed by atoms with E-state index in [4.69, 9.17) is 0 Å². The molecule has 0 saturated carbocycles. The van der Waals surface area contributed by atoms with Crippen LogP contribution in [0.15, 0.2) is 110 Å². The van der Waals surface area contributed by atoms with E-state index in [9.17, 15) is 0 Å². The highest BCUT2D eigenvalue weighted by Crippen LogP contribution is 2.15. The van der Waals surface area contributed by atoms with E-state index >= 15 is 0 Å². The fraction of sp³-hybridized carbons (Fsp3) is 0.125. The van der Waals surface area contributed by atoms with Crippen molar-refractivity contribution in [2.45, 2.75) is 26.6 Å². The number of nitrogens with zero attached hydrogens (tertiary/aromatic N) is 5. The predicted molar refractivity (Wildman–Crippen MR) is 146 cm³/mol. The topological polar surface area (TPSA) is 54.8 Å². The highest BCUT2D eigenvalue weighted by Gasteiger charge is 2.10. The smallest absolute Gasteiger partial charge is 0.0887 e. The predicted octanol–water partition coefficient (Wildman–Crippen LogP) is 5.84. The number of benzene rings is 1. The first-order chi connectivity index (χ1) is 18.2. The van der Waals surface area contributed by atoms with Gasteiger partial charge in [-0.2, -0.15) is 0 Å². The van der Waals surface area contributed by atoms with Crippen LogP contribution in [0.5, 0.6) is 0 Å². The van der Waals surface area contributed by atoms with Gasteiger partial charge in [0.15, 0.2) is 0 Å². The van der Waals surface area contributed by atoms with E-state index in [0.717, 1.165) is 59.1 Å². The second-order valence-electron chi connectivity index (χ2n) is 8.89. The summed E-state index contributed by atoms with van der Waals surface area (Å²) in [6.07, 6.45) is 7.32. The van der Waals surface area contributed by atoms with E-state index in [1.165, 1.54) is 5.56 Å². The summed E-state index contributed by atoms with van der Waals surface area (Å²) < 4.78 is 0. The van der Waals surface area contributed by atoms with Gasteiger partial charge in [-0.25, -0.2) is 0 Å². The van der Waals surface area contributed by atoms with Crippen LogP contribution >= 0.6 is 0 Å². The minimum absolute atomic E-state index is 0.750. The molecule has 0 atom stereocenters. The van der Waals surface area contributed by atoms with Crippen LogP contribution in [0.4, 0.5) is 0 Å². The van der Waals surface area contributed by atoms with Gasteiger partial charge in [-0.05, 0) is 72.6 Å². The molecule has 0 amide bonds. The van der Waals surface area contributed by atoms with Crippen molar-refractivity contribution in [3.05, 3.63) is 143 Å². The van der Waals surface area contributed by atoms with E-state index in [1.807, 2.05) is 74.0 Å². The lowest BCUT2D eigenvalue weighted by Crippen LogP contribution is -2.23. The Hall–Kier alpha value is -4.66. The molecule has 5 nitrogen and oxygen atoms in total. The van der Waals surface area contributed by atoms with Gasteiger partial charge in [-0.15, -0.1) is 0 Å². The molecule has 4 heterocycles. The Morgan fingerprint density at radius 2 is 1.16 bits per heavy atom. The molecule has 4 aromatic heterocycles. The van der Waals surface area contributed by atoms with Gasteiger partial charge in [0.05, 0.1) is 22.8 Å². The summed E-state index contributed by atoms with van der Waals surface area (Å²) in [7, 11) is 0. The maximum atomic E-state index is 4.53. The van der Waals surface area contributed by atoms with Gasteiger partial charge in [-0.3, -0.25) is 24.8 Å². The Bertz CT molecular complexity index is 1430. The van der Waals surface area contributed by atoms with Crippen molar-refractivity contribution in [1.29, 1.82) is 0 Å². The molecule has 0 saturated heterocycles. The number of rotatable bonds is 7. The average Bonchev–Trinajstić information content (AvgIpc) is 2.94. The van der Waals surface area contributed by atoms with Crippen LogP contribution in [0, 0.1) is 18.8 Å². The average molecular weight is 482 g/mol. The van der Waals surface area contributed by atoms with Gasteiger partial charge in [-0.1, -0.05) is 42.2 Å². The van der Waals surface area contributed by atoms with Gasteiger partial charge >= 0.3 is 0 Å². The SMILES string of the molecule is Cc1ccc(-c2ccc(C#Cc3ccc(CN(Cc4ccccn4)Cc4ccccn4)cc3)cn2)nc1. The number of aromatic nitrogens is 4. The maximum absolute atomic E-state index is 4.53. The van der Waals surface area contributed by atoms with Crippen molar-refractivity contribution in [2.24, 2.45) is 0 Å². The molecule has 37 heavy (non-hydrogen) atoms. The Morgan fingerprint density at radius 1 is 0.568 bits per heavy atom. The van der Waals surface area contributed by atoms with E-state index in [-0.39, 0.29) is 0 Å². The molecule has 0 fully saturated rings. The molecule has 0 radical (unpaired) electrons. The fourth-order valence-corrected chi connectivity index (χ4v) is 3.94. The summed E-state index contributed by atoms with van der Waals surface area (Å²) in [4.78, 5) is 20.3. The molecular formula is C32H27N5. The summed E-state index contributed by atoms with van der Waals surface area (Å²) in [6, 6.07) is 28.4. The first-order valence-corrected chi connectivity index (χ1v) is 12.2. The van der Waals surface area contributed by atoms with E-state index in [1.54, 1.807) is 6.20 Å². The van der Waals surface area contributed by atoms with Crippen LogP contribution in [0.2, 0.25) is 0 Å². The van der Waals surface area contributed by atoms with Crippen molar-refractivity contribution < 1.29 is 0 Å². The van der Waals surface area contributed by atoms with Crippen molar-refractivity contribution in [2.75, 3.05) is 0 Å². The summed E-state index contributed by atoms with van der Waals surface area (Å²) in [6.45, 7) is 4.31. The molecule has 5 rings (SSSR count). The number of aryl methyl sites for hydroxylation is 1. The molecule has 0 N–H and O–H groups in total. The van der Waals surface area contributed by atoms with E-state index < -0.39 is 0 Å². The second kappa shape index (κ2) is 11.9. The Balaban J connectivity index is 1.25. The minimum Gasteiger partial charge on any atom is -0.287 e. The van der Waals surface area contributed by atoms with Gasteiger partial charge in [0.1, 0.15) is 0 Å². The molecule has 0 aliphatic carbocycles. The van der Waals surface area contributed by atoms with Gasteiger partial charge in [0.25, 0.3) is 0 Å². The highest BCUT2D eigenvalue weighted by molar-refractivity contribution is 5.55. The molecule has 180 valence electrons. The van der Waals surface area contributed by atoms with E-state index in [2.05, 4.69) is 73.1 Å². The van der Waals surface area contributed by atoms with Crippen molar-refractivity contribution in [3.63, 3.8) is 0 Å². The first kappa shape index (κ1) is 24.1. The van der Waals surface area contributed by atoms with Crippen molar-refractivity contribution >= 4 is 0 Å². The zero-order valence-electron chi connectivity index (χ0n) is 20.7. The molecule has 1 aromatic carbocycles. The van der Waals surface area contributed by atoms with Gasteiger partial charge < -0.3 is 0 Å². The summed E-state index contributed by atoms with van der Waals surface area (Å²) in [5.74, 6) is 6.46. The third-order valence-electron chi connectivity index (χ3n) is 5.87. The molecule has 0 aliphatic heterocycles. The number of pyridine rings is 4. The van der Waals surface area contributed by atoms with Crippen LogP contribution < -0.4 is 0 Å². The molecule has 5 aromatic rings. The quantitative estimate of drug-likeness (QED) is 0.273. The van der Waals surface area contributed by atoms with E-state index in [0.29, 0.717) is 0 Å². The zero-order valence-corrected chi connectivity index (χ0v) is 20.7. The molecular weight excluding hydrogens is 454 g/mol. The lowest BCUT2D eigenvalue weighted by Gasteiger charge is -2.22. The van der Waals surface area contributed by atoms with Crippen LogP contribution in [0.25, 0.3) is 11.4 Å². The molecule has 5 heteroatoms. The Morgan fingerprint density at radius 3 is 1.70 bits per heavy atom. The number of hydrogen-bond donors (Lipinski definition) is 0. The molecule has 0 unspecified atom stereocenters. The number of hydrogen-bond acceptors (Lipinski definition) is 5. The lowest BCUT2D eigenvalue weighted by atomic mass is 10.1. The molecule has 0 bridgehead atoms. The maximum Gasteiger partial charge on any atom is 0.0887 e. The normalized spacial score (nSPS) is 10.6. The van der Waals surface area contributed by atoms with Crippen LogP contribution in [-0.4, -0.2) is 24.8 Å². The third-order valence-corrected chi connectivity index (χ3v) is 5.87. The monoisotopic (exact) mass is 481 g/mol. The third kappa shape index (κ3) is 6.94. The van der Waals surface area contributed by atoms with Crippen LogP contribution in [0.3, 0.4) is 0 Å². The summed E-state index contributed by atoms with van der Waals surface area (Å²) in [5.41, 5.74) is 7.97. The van der Waals surface area contributed by atoms with Gasteiger partial charge in [0.2, 0.25) is 0 Å². The largest absolute Gasteiger partial charge is 0.287 e. The summed E-state index contributed by atoms with van der Waals surface area (Å²) in [5, 5.41) is 0. The Kier molecular flexibility index (Phi) is 7.70. The minimum atomic E-state index is 0.750. The lowest BCUT2D eigenvalue weighted by molar-refractivity contribution is 0.241. The molecule has 0 spiro atoms. The fourth-order valence-electron chi connectivity index (χ4n) is 3.94. The van der Waals surface area contributed by atoms with Crippen molar-refractivity contribution in [3.8, 4) is 23.2 Å². The van der Waals surface area contributed by atoms with Crippen molar-refractivity contribution in [1.82, 2.24) is 24.8 Å². The first-order valence-electron chi connectivity index (χ1n) is 12.2. The highest BCUT2D eigenvalue weighted by atomic mass is 15.1. The Labute approximate surface area is 217 Å². The summed E-state index contributed by atoms with van der Waals surface area (Å²) >= 11 is 0. The second-order valence-corrected chi connectivity index (χ2v) is 8.89. The standard InChI is InChI=1S/C32H27N5/c1-25-8-16-31(35-20-25)32-17-15-27(21-36-32)12-9-26-10-13-28(14-11-26)22-37(23-29-6-2-4-18-33-29)24-30-7-3-5-19-34-30/h2-8,10-11,13-21H,22-24H2,1H3. The van der Waals surface area contributed by atoms with Gasteiger partial charge in [0, 0.05) is 55.5 Å².